The summed E-state index contributed by atoms with van der Waals surface area (Å²) in [6.45, 7) is 1.91. The molecule has 1 amide bonds. The molecule has 28 heavy (non-hydrogen) atoms. The van der Waals surface area contributed by atoms with Crippen LogP contribution in [0.3, 0.4) is 0 Å². The van der Waals surface area contributed by atoms with Crippen LogP contribution in [0.25, 0.3) is 5.70 Å². The summed E-state index contributed by atoms with van der Waals surface area (Å²) in [4.78, 5) is 23.0. The number of nitrogens with one attached hydrogen (secondary N) is 2. The molecule has 0 radical (unpaired) electrons. The van der Waals surface area contributed by atoms with Crippen LogP contribution in [0, 0.1) is 15.9 Å². The van der Waals surface area contributed by atoms with Gasteiger partial charge in [-0.1, -0.05) is 17.7 Å². The fourth-order valence-electron chi connectivity index (χ4n) is 3.68. The molecule has 2 aromatic carbocycles. The summed E-state index contributed by atoms with van der Waals surface area (Å²) in [5, 5.41) is 15.7. The van der Waals surface area contributed by atoms with Gasteiger partial charge in [-0.2, -0.15) is 0 Å². The van der Waals surface area contributed by atoms with Gasteiger partial charge in [0.2, 0.25) is 0 Å². The number of fused-ring (bicyclic) bond motifs is 1. The highest BCUT2D eigenvalue weighted by molar-refractivity contribution is 6.30. The highest BCUT2D eigenvalue weighted by Crippen LogP contribution is 2.35. The van der Waals surface area contributed by atoms with Gasteiger partial charge in [0, 0.05) is 35.9 Å². The first-order valence-electron chi connectivity index (χ1n) is 8.62. The maximum atomic E-state index is 14.0. The molecule has 2 aliphatic rings. The van der Waals surface area contributed by atoms with E-state index in [9.17, 15) is 19.3 Å². The van der Waals surface area contributed by atoms with E-state index in [-0.39, 0.29) is 28.6 Å². The molecule has 2 heterocycles. The third-order valence-electron chi connectivity index (χ3n) is 5.03. The van der Waals surface area contributed by atoms with Crippen LogP contribution >= 0.6 is 11.6 Å². The number of benzene rings is 2. The van der Waals surface area contributed by atoms with Crippen molar-refractivity contribution in [3.8, 4) is 0 Å². The van der Waals surface area contributed by atoms with E-state index < -0.39 is 16.9 Å². The molecule has 1 fully saturated rings. The van der Waals surface area contributed by atoms with Crippen molar-refractivity contribution in [2.45, 2.75) is 25.0 Å². The van der Waals surface area contributed by atoms with Gasteiger partial charge in [0.15, 0.2) is 0 Å². The third kappa shape index (κ3) is 3.10. The van der Waals surface area contributed by atoms with Crippen LogP contribution in [-0.4, -0.2) is 28.0 Å². The van der Waals surface area contributed by atoms with Gasteiger partial charge in [-0.3, -0.25) is 19.9 Å². The molecular weight excluding hydrogens is 387 g/mol. The lowest BCUT2D eigenvalue weighted by Gasteiger charge is -2.33. The van der Waals surface area contributed by atoms with E-state index in [2.05, 4.69) is 10.7 Å². The average molecular weight is 403 g/mol. The van der Waals surface area contributed by atoms with Crippen LogP contribution in [0.1, 0.15) is 24.0 Å². The smallest absolute Gasteiger partial charge is 0.269 e. The molecule has 0 bridgehead atoms. The average Bonchev–Trinajstić information content (AvgIpc) is 3.00. The van der Waals surface area contributed by atoms with Gasteiger partial charge in [0.05, 0.1) is 9.95 Å². The summed E-state index contributed by atoms with van der Waals surface area (Å²) in [6.07, 6.45) is 0.987. The van der Waals surface area contributed by atoms with E-state index >= 15 is 0 Å². The summed E-state index contributed by atoms with van der Waals surface area (Å²) in [7, 11) is 0. The monoisotopic (exact) mass is 402 g/mol. The highest BCUT2D eigenvalue weighted by Gasteiger charge is 2.44. The summed E-state index contributed by atoms with van der Waals surface area (Å²) >= 11 is 5.79. The van der Waals surface area contributed by atoms with Gasteiger partial charge in [0.1, 0.15) is 12.0 Å². The second kappa shape index (κ2) is 6.88. The number of carbonyl (C=O) groups excluding carboxylic acids is 1. The molecule has 3 atom stereocenters. The van der Waals surface area contributed by atoms with Gasteiger partial charge in [-0.15, -0.1) is 0 Å². The molecule has 2 aliphatic heterocycles. The largest absolute Gasteiger partial charge is 0.363 e. The van der Waals surface area contributed by atoms with E-state index in [1.54, 1.807) is 18.2 Å². The first-order chi connectivity index (χ1) is 13.3. The summed E-state index contributed by atoms with van der Waals surface area (Å²) in [6, 6.07) is 10.4. The molecule has 0 spiro atoms. The molecule has 2 N–H and O–H groups in total. The van der Waals surface area contributed by atoms with Crippen molar-refractivity contribution < 1.29 is 14.1 Å². The Balaban J connectivity index is 1.66. The Labute approximate surface area is 164 Å². The Morgan fingerprint density at radius 2 is 1.93 bits per heavy atom. The first-order valence-corrected chi connectivity index (χ1v) is 9.00. The molecule has 144 valence electrons. The second-order valence-corrected chi connectivity index (χ2v) is 7.18. The second-order valence-electron chi connectivity index (χ2n) is 6.78. The topological polar surface area (TPSA) is 87.5 Å². The number of rotatable bonds is 3. The number of non-ortho nitro benzene ring substituents is 1. The third-order valence-corrected chi connectivity index (χ3v) is 5.33. The van der Waals surface area contributed by atoms with Crippen molar-refractivity contribution in [3.63, 3.8) is 0 Å². The Hall–Kier alpha value is -2.97. The summed E-state index contributed by atoms with van der Waals surface area (Å²) < 4.78 is 14.0. The number of amides is 1. The van der Waals surface area contributed by atoms with Crippen LogP contribution in [0.15, 0.2) is 48.5 Å². The van der Waals surface area contributed by atoms with Crippen LogP contribution < -0.4 is 10.7 Å². The molecule has 4 rings (SSSR count). The van der Waals surface area contributed by atoms with Crippen molar-refractivity contribution in [2.24, 2.45) is 0 Å². The molecule has 2 aromatic rings. The number of hydrogen-bond acceptors (Lipinski definition) is 5. The molecule has 0 aliphatic carbocycles. The molecule has 0 saturated carbocycles. The number of nitro groups is 1. The van der Waals surface area contributed by atoms with E-state index in [0.29, 0.717) is 16.8 Å². The van der Waals surface area contributed by atoms with E-state index in [1.165, 1.54) is 35.4 Å². The number of halogens is 2. The Morgan fingerprint density at radius 3 is 2.57 bits per heavy atom. The normalized spacial score (nSPS) is 23.8. The van der Waals surface area contributed by atoms with Gasteiger partial charge in [-0.25, -0.2) is 9.82 Å². The lowest BCUT2D eigenvalue weighted by Crippen LogP contribution is -2.52. The zero-order chi connectivity index (χ0) is 20.0. The number of carbonyl (C=O) groups is 1. The Bertz CT molecular complexity index is 995. The van der Waals surface area contributed by atoms with Crippen molar-refractivity contribution in [1.82, 2.24) is 15.8 Å². The number of hydrogen-bond donors (Lipinski definition) is 2. The summed E-state index contributed by atoms with van der Waals surface area (Å²) in [5.41, 5.74) is 5.00. The molecule has 9 heteroatoms. The predicted octanol–water partition coefficient (Wildman–Crippen LogP) is 3.18. The van der Waals surface area contributed by atoms with Gasteiger partial charge >= 0.3 is 0 Å². The van der Waals surface area contributed by atoms with Crippen molar-refractivity contribution >= 4 is 28.9 Å². The zero-order valence-electron chi connectivity index (χ0n) is 14.7. The minimum atomic E-state index is -0.516. The van der Waals surface area contributed by atoms with Crippen LogP contribution in [-0.2, 0) is 4.79 Å². The standard InChI is InChI=1S/C19H16ClFN4O3/c1-10-18(12-4-7-14(20)15(21)8-12)19-22-16(9-17(26)24(19)23-10)11-2-5-13(6-3-11)25(27)28/h2-10,18-19,22-23H,1H3. The van der Waals surface area contributed by atoms with Gasteiger partial charge in [-0.05, 0) is 42.3 Å². The van der Waals surface area contributed by atoms with E-state index in [1.807, 2.05) is 6.92 Å². The van der Waals surface area contributed by atoms with Crippen LogP contribution in [0.5, 0.6) is 0 Å². The van der Waals surface area contributed by atoms with Crippen molar-refractivity contribution in [2.75, 3.05) is 0 Å². The van der Waals surface area contributed by atoms with Gasteiger partial charge < -0.3 is 5.32 Å². The number of nitro benzene ring substituents is 1. The quantitative estimate of drug-likeness (QED) is 0.608. The Morgan fingerprint density at radius 1 is 1.21 bits per heavy atom. The molecule has 0 aromatic heterocycles. The fourth-order valence-corrected chi connectivity index (χ4v) is 3.80. The Kier molecular flexibility index (Phi) is 4.52. The highest BCUT2D eigenvalue weighted by atomic mass is 35.5. The van der Waals surface area contributed by atoms with Crippen LogP contribution in [0.4, 0.5) is 10.1 Å². The fraction of sp³-hybridized carbons (Fsp3) is 0.211. The minimum Gasteiger partial charge on any atom is -0.363 e. The van der Waals surface area contributed by atoms with E-state index in [0.717, 1.165) is 0 Å². The first kappa shape index (κ1) is 18.4. The zero-order valence-corrected chi connectivity index (χ0v) is 15.5. The molecule has 3 unspecified atom stereocenters. The SMILES string of the molecule is CC1NN2C(=O)C=C(c3ccc([N+](=O)[O-])cc3)NC2C1c1ccc(Cl)c(F)c1. The van der Waals surface area contributed by atoms with Crippen LogP contribution in [0.2, 0.25) is 5.02 Å². The molecular formula is C19H16ClFN4O3. The van der Waals surface area contributed by atoms with Crippen molar-refractivity contribution in [1.29, 1.82) is 0 Å². The predicted molar refractivity (Wildman–Crippen MR) is 102 cm³/mol. The van der Waals surface area contributed by atoms with Crippen molar-refractivity contribution in [3.05, 3.63) is 80.6 Å². The molecule has 7 nitrogen and oxygen atoms in total. The number of hydrazine groups is 1. The molecule has 1 saturated heterocycles. The maximum Gasteiger partial charge on any atom is 0.269 e. The number of nitrogens with zero attached hydrogens (tertiary/aromatic N) is 2. The maximum absolute atomic E-state index is 14.0. The minimum absolute atomic E-state index is 0.0289. The lowest BCUT2D eigenvalue weighted by molar-refractivity contribution is -0.384. The van der Waals surface area contributed by atoms with E-state index in [4.69, 9.17) is 11.6 Å². The lowest BCUT2D eigenvalue weighted by atomic mass is 9.90. The summed E-state index contributed by atoms with van der Waals surface area (Å²) in [5.74, 6) is -0.989. The van der Waals surface area contributed by atoms with Gasteiger partial charge in [0.25, 0.3) is 11.6 Å².